The lowest BCUT2D eigenvalue weighted by Crippen LogP contribution is -2.48. The maximum Gasteiger partial charge on any atom is 0.328 e. The fourth-order valence-electron chi connectivity index (χ4n) is 2.43. The Kier molecular flexibility index (Phi) is 4.22. The zero-order chi connectivity index (χ0) is 14.7. The number of likely N-dealkylation sites (tertiary alicyclic amines) is 1. The number of hydrogen-bond donors (Lipinski definition) is 1. The fourth-order valence-corrected chi connectivity index (χ4v) is 2.43. The van der Waals surface area contributed by atoms with E-state index in [2.05, 4.69) is 4.98 Å². The molecule has 6 nitrogen and oxygen atoms in total. The summed E-state index contributed by atoms with van der Waals surface area (Å²) in [6.45, 7) is 1.96. The lowest BCUT2D eigenvalue weighted by molar-refractivity contribution is -0.147. The molecule has 0 aliphatic carbocycles. The highest BCUT2D eigenvalue weighted by molar-refractivity contribution is 6.00. The number of aromatic amines is 1. The highest BCUT2D eigenvalue weighted by Crippen LogP contribution is 2.20. The number of amides is 1. The molecule has 20 heavy (non-hydrogen) atoms. The van der Waals surface area contributed by atoms with Crippen LogP contribution in [0.5, 0.6) is 0 Å². The van der Waals surface area contributed by atoms with Crippen molar-refractivity contribution in [2.45, 2.75) is 32.2 Å². The van der Waals surface area contributed by atoms with E-state index < -0.39 is 12.0 Å². The Morgan fingerprint density at radius 3 is 2.70 bits per heavy atom. The number of ether oxygens (including phenoxy) is 1. The average molecular weight is 278 g/mol. The molecule has 2 rings (SSSR count). The molecule has 1 amide bonds. The number of aromatic nitrogens is 1. The van der Waals surface area contributed by atoms with Gasteiger partial charge in [-0.1, -0.05) is 0 Å². The van der Waals surface area contributed by atoms with Gasteiger partial charge in [0.2, 0.25) is 0 Å². The molecule has 6 heteroatoms. The number of H-pyrrole nitrogens is 1. The molecule has 2 heterocycles. The van der Waals surface area contributed by atoms with Crippen LogP contribution in [0.2, 0.25) is 0 Å². The van der Waals surface area contributed by atoms with Gasteiger partial charge >= 0.3 is 5.97 Å². The Morgan fingerprint density at radius 2 is 2.10 bits per heavy atom. The van der Waals surface area contributed by atoms with E-state index >= 15 is 0 Å². The Morgan fingerprint density at radius 1 is 1.35 bits per heavy atom. The van der Waals surface area contributed by atoms with Crippen LogP contribution in [0, 0.1) is 0 Å². The third-order valence-electron chi connectivity index (χ3n) is 3.56. The molecular weight excluding hydrogens is 260 g/mol. The summed E-state index contributed by atoms with van der Waals surface area (Å²) in [7, 11) is 1.32. The fraction of sp³-hybridized carbons (Fsp3) is 0.500. The van der Waals surface area contributed by atoms with Crippen molar-refractivity contribution in [3.8, 4) is 0 Å². The van der Waals surface area contributed by atoms with Crippen LogP contribution in [0.4, 0.5) is 0 Å². The molecule has 0 unspecified atom stereocenters. The Hall–Kier alpha value is -2.11. The second-order valence-corrected chi connectivity index (χ2v) is 4.89. The third-order valence-corrected chi connectivity index (χ3v) is 3.56. The predicted octanol–water partition coefficient (Wildman–Crippen LogP) is 1.38. The molecule has 1 aliphatic rings. The molecular formula is C14H18N2O4. The highest BCUT2D eigenvalue weighted by atomic mass is 16.5. The number of hydrogen-bond acceptors (Lipinski definition) is 4. The smallest absolute Gasteiger partial charge is 0.328 e. The molecule has 1 aromatic rings. The molecule has 108 valence electrons. The SMILES string of the molecule is COC(=O)[C@H]1CCCCN1C(=O)c1cc(C(C)=O)c[nH]1. The van der Waals surface area contributed by atoms with E-state index in [1.54, 1.807) is 0 Å². The summed E-state index contributed by atoms with van der Waals surface area (Å²) < 4.78 is 4.75. The molecule has 1 atom stereocenters. The number of ketones is 1. The van der Waals surface area contributed by atoms with E-state index in [4.69, 9.17) is 4.74 Å². The quantitative estimate of drug-likeness (QED) is 0.669. The van der Waals surface area contributed by atoms with Crippen molar-refractivity contribution in [1.82, 2.24) is 9.88 Å². The standard InChI is InChI=1S/C14H18N2O4/c1-9(17)10-7-11(15-8-10)13(18)16-6-4-3-5-12(16)14(19)20-2/h7-8,12,15H,3-6H2,1-2H3/t12-/m1/s1. The van der Waals surface area contributed by atoms with Crippen molar-refractivity contribution in [3.63, 3.8) is 0 Å². The van der Waals surface area contributed by atoms with Crippen LogP contribution >= 0.6 is 0 Å². The summed E-state index contributed by atoms with van der Waals surface area (Å²) in [4.78, 5) is 39.8. The van der Waals surface area contributed by atoms with Crippen LogP contribution in [-0.2, 0) is 9.53 Å². The van der Waals surface area contributed by atoms with Gasteiger partial charge in [0.15, 0.2) is 5.78 Å². The molecule has 1 fully saturated rings. The summed E-state index contributed by atoms with van der Waals surface area (Å²) in [5, 5.41) is 0. The first kappa shape index (κ1) is 14.3. The maximum atomic E-state index is 12.4. The number of nitrogens with one attached hydrogen (secondary N) is 1. The number of carbonyl (C=O) groups excluding carboxylic acids is 3. The number of piperidine rings is 1. The maximum absolute atomic E-state index is 12.4. The predicted molar refractivity (Wildman–Crippen MR) is 71.5 cm³/mol. The zero-order valence-electron chi connectivity index (χ0n) is 11.6. The molecule has 1 aromatic heterocycles. The number of rotatable bonds is 3. The number of esters is 1. The van der Waals surface area contributed by atoms with Gasteiger partial charge < -0.3 is 14.6 Å². The van der Waals surface area contributed by atoms with Gasteiger partial charge in [-0.05, 0) is 32.3 Å². The van der Waals surface area contributed by atoms with Crippen LogP contribution in [0.15, 0.2) is 12.3 Å². The molecule has 1 N–H and O–H groups in total. The lowest BCUT2D eigenvalue weighted by Gasteiger charge is -2.33. The van der Waals surface area contributed by atoms with Gasteiger partial charge in [-0.3, -0.25) is 9.59 Å². The van der Waals surface area contributed by atoms with Crippen LogP contribution in [-0.4, -0.2) is 47.2 Å². The van der Waals surface area contributed by atoms with Gasteiger partial charge in [0.1, 0.15) is 11.7 Å². The second-order valence-electron chi connectivity index (χ2n) is 4.89. The van der Waals surface area contributed by atoms with Crippen molar-refractivity contribution in [3.05, 3.63) is 23.5 Å². The van der Waals surface area contributed by atoms with Gasteiger partial charge in [0.25, 0.3) is 5.91 Å². The van der Waals surface area contributed by atoms with Crippen molar-refractivity contribution in [1.29, 1.82) is 0 Å². The summed E-state index contributed by atoms with van der Waals surface area (Å²) in [5.41, 5.74) is 0.783. The number of nitrogens with zero attached hydrogens (tertiary/aromatic N) is 1. The van der Waals surface area contributed by atoms with E-state index in [-0.39, 0.29) is 11.7 Å². The Bertz CT molecular complexity index is 535. The molecule has 1 aliphatic heterocycles. The van der Waals surface area contributed by atoms with Gasteiger partial charge in [0, 0.05) is 18.3 Å². The first-order valence-electron chi connectivity index (χ1n) is 6.62. The average Bonchev–Trinajstić information content (AvgIpc) is 2.95. The van der Waals surface area contributed by atoms with E-state index in [9.17, 15) is 14.4 Å². The van der Waals surface area contributed by atoms with Gasteiger partial charge in [-0.25, -0.2) is 4.79 Å². The number of methoxy groups -OCH3 is 1. The molecule has 1 saturated heterocycles. The highest BCUT2D eigenvalue weighted by Gasteiger charge is 2.33. The van der Waals surface area contributed by atoms with Gasteiger partial charge in [-0.15, -0.1) is 0 Å². The summed E-state index contributed by atoms with van der Waals surface area (Å²) in [6.07, 6.45) is 3.87. The Labute approximate surface area is 117 Å². The normalized spacial score (nSPS) is 18.7. The third kappa shape index (κ3) is 2.74. The van der Waals surface area contributed by atoms with E-state index in [0.717, 1.165) is 12.8 Å². The summed E-state index contributed by atoms with van der Waals surface area (Å²) in [5.74, 6) is -0.771. The molecule has 0 radical (unpaired) electrons. The zero-order valence-corrected chi connectivity index (χ0v) is 11.6. The van der Waals surface area contributed by atoms with Gasteiger partial charge in [0.05, 0.1) is 7.11 Å². The van der Waals surface area contributed by atoms with Gasteiger partial charge in [-0.2, -0.15) is 0 Å². The molecule has 0 spiro atoms. The monoisotopic (exact) mass is 278 g/mol. The van der Waals surface area contributed by atoms with Crippen molar-refractivity contribution in [2.24, 2.45) is 0 Å². The second kappa shape index (κ2) is 5.90. The molecule has 0 saturated carbocycles. The minimum Gasteiger partial charge on any atom is -0.467 e. The van der Waals surface area contributed by atoms with Crippen LogP contribution in [0.25, 0.3) is 0 Å². The van der Waals surface area contributed by atoms with Crippen molar-refractivity contribution >= 4 is 17.7 Å². The van der Waals surface area contributed by atoms with E-state index in [0.29, 0.717) is 24.2 Å². The number of carbonyl (C=O) groups is 3. The van der Waals surface area contributed by atoms with Crippen LogP contribution < -0.4 is 0 Å². The van der Waals surface area contributed by atoms with E-state index in [1.807, 2.05) is 0 Å². The first-order valence-corrected chi connectivity index (χ1v) is 6.62. The van der Waals surface area contributed by atoms with Crippen molar-refractivity contribution < 1.29 is 19.1 Å². The van der Waals surface area contributed by atoms with E-state index in [1.165, 1.54) is 31.2 Å². The number of Topliss-reactive ketones (excluding diaryl/α,β-unsaturated/α-hetero) is 1. The minimum atomic E-state index is -0.537. The lowest BCUT2D eigenvalue weighted by atomic mass is 10.0. The largest absolute Gasteiger partial charge is 0.467 e. The summed E-state index contributed by atoms with van der Waals surface area (Å²) in [6, 6.07) is 0.985. The van der Waals surface area contributed by atoms with Crippen LogP contribution in [0.1, 0.15) is 47.0 Å². The van der Waals surface area contributed by atoms with Crippen molar-refractivity contribution in [2.75, 3.05) is 13.7 Å². The summed E-state index contributed by atoms with van der Waals surface area (Å²) >= 11 is 0. The minimum absolute atomic E-state index is 0.108. The first-order chi connectivity index (χ1) is 9.54. The van der Waals surface area contributed by atoms with Crippen LogP contribution in [0.3, 0.4) is 0 Å². The molecule has 0 aromatic carbocycles. The topological polar surface area (TPSA) is 79.5 Å². The molecule has 0 bridgehead atoms. The Balaban J connectivity index is 2.20.